The van der Waals surface area contributed by atoms with Gasteiger partial charge in [-0.1, -0.05) is 57.9 Å². The van der Waals surface area contributed by atoms with Crippen LogP contribution < -0.4 is 4.74 Å². The molecule has 0 saturated heterocycles. The third-order valence-electron chi connectivity index (χ3n) is 6.32. The molecule has 3 rings (SSSR count). The number of ether oxygens (including phenoxy) is 1. The van der Waals surface area contributed by atoms with E-state index >= 15 is 0 Å². The summed E-state index contributed by atoms with van der Waals surface area (Å²) in [5, 5.41) is 0. The van der Waals surface area contributed by atoms with Gasteiger partial charge in [0.15, 0.2) is 17.5 Å². The first kappa shape index (κ1) is 24.5. The second-order valence-electron chi connectivity index (χ2n) is 8.70. The van der Waals surface area contributed by atoms with E-state index < -0.39 is 40.7 Å². The monoisotopic (exact) mass is 458 g/mol. The highest BCUT2D eigenvalue weighted by molar-refractivity contribution is 5.30. The zero-order chi connectivity index (χ0) is 23.3. The van der Waals surface area contributed by atoms with Crippen molar-refractivity contribution in [1.29, 1.82) is 0 Å². The van der Waals surface area contributed by atoms with Crippen LogP contribution in [0.2, 0.25) is 0 Å². The normalized spacial score (nSPS) is 19.2. The summed E-state index contributed by atoms with van der Waals surface area (Å²) in [5.74, 6) is -5.90. The lowest BCUT2D eigenvalue weighted by atomic mass is 9.78. The molecule has 2 aromatic carbocycles. The van der Waals surface area contributed by atoms with Crippen molar-refractivity contribution in [1.82, 2.24) is 0 Å². The summed E-state index contributed by atoms with van der Waals surface area (Å²) in [6.07, 6.45) is 5.75. The van der Waals surface area contributed by atoms with Gasteiger partial charge >= 0.3 is 6.11 Å². The van der Waals surface area contributed by atoms with Crippen LogP contribution in [0.15, 0.2) is 30.3 Å². The van der Waals surface area contributed by atoms with Crippen molar-refractivity contribution in [2.24, 2.45) is 11.8 Å². The van der Waals surface area contributed by atoms with Gasteiger partial charge in [0, 0.05) is 12.1 Å². The van der Waals surface area contributed by atoms with E-state index in [0.29, 0.717) is 17.9 Å². The van der Waals surface area contributed by atoms with Gasteiger partial charge in [-0.2, -0.15) is 8.78 Å². The predicted octanol–water partition coefficient (Wildman–Crippen LogP) is 8.30. The molecule has 0 unspecified atom stereocenters. The Labute approximate surface area is 184 Å². The van der Waals surface area contributed by atoms with E-state index in [9.17, 15) is 26.3 Å². The third kappa shape index (κ3) is 6.20. The second-order valence-corrected chi connectivity index (χ2v) is 8.70. The van der Waals surface area contributed by atoms with E-state index in [1.807, 2.05) is 0 Å². The lowest BCUT2D eigenvalue weighted by molar-refractivity contribution is -0.187. The molecule has 1 nitrogen and oxygen atoms in total. The lowest BCUT2D eigenvalue weighted by Crippen LogP contribution is -2.24. The molecule has 0 aliphatic heterocycles. The van der Waals surface area contributed by atoms with E-state index in [1.54, 1.807) is 0 Å². The fourth-order valence-corrected chi connectivity index (χ4v) is 4.42. The smallest absolute Gasteiger partial charge is 0.429 e. The Morgan fingerprint density at radius 3 is 2.00 bits per heavy atom. The first-order valence-electron chi connectivity index (χ1n) is 11.2. The quantitative estimate of drug-likeness (QED) is 0.271. The van der Waals surface area contributed by atoms with E-state index in [0.717, 1.165) is 37.3 Å². The van der Waals surface area contributed by atoms with Crippen molar-refractivity contribution in [3.8, 4) is 5.75 Å². The summed E-state index contributed by atoms with van der Waals surface area (Å²) < 4.78 is 87.0. The zero-order valence-electron chi connectivity index (χ0n) is 18.1. The fourth-order valence-electron chi connectivity index (χ4n) is 4.42. The Bertz CT molecular complexity index is 882. The zero-order valence-corrected chi connectivity index (χ0v) is 18.1. The molecule has 176 valence electrons. The summed E-state index contributed by atoms with van der Waals surface area (Å²) in [6, 6.07) is 3.95. The van der Waals surface area contributed by atoms with Crippen LogP contribution in [-0.2, 0) is 12.5 Å². The van der Waals surface area contributed by atoms with Crippen LogP contribution in [-0.4, -0.2) is 0 Å². The van der Waals surface area contributed by atoms with Crippen molar-refractivity contribution in [2.75, 3.05) is 0 Å². The van der Waals surface area contributed by atoms with Gasteiger partial charge in [-0.15, -0.1) is 0 Å². The Kier molecular flexibility index (Phi) is 8.12. The number of hydrogen-bond donors (Lipinski definition) is 0. The van der Waals surface area contributed by atoms with Crippen molar-refractivity contribution in [2.45, 2.75) is 70.8 Å². The third-order valence-corrected chi connectivity index (χ3v) is 6.32. The minimum Gasteiger partial charge on any atom is -0.429 e. The van der Waals surface area contributed by atoms with Crippen LogP contribution in [0.3, 0.4) is 0 Å². The van der Waals surface area contributed by atoms with Gasteiger partial charge in [-0.3, -0.25) is 0 Å². The van der Waals surface area contributed by atoms with E-state index in [1.165, 1.54) is 38.2 Å². The van der Waals surface area contributed by atoms with Crippen LogP contribution in [0.25, 0.3) is 0 Å². The predicted molar refractivity (Wildman–Crippen MR) is 111 cm³/mol. The molecule has 0 spiro atoms. The second kappa shape index (κ2) is 10.6. The van der Waals surface area contributed by atoms with Gasteiger partial charge in [0.2, 0.25) is 0 Å². The van der Waals surface area contributed by atoms with Crippen LogP contribution >= 0.6 is 0 Å². The molecule has 32 heavy (non-hydrogen) atoms. The van der Waals surface area contributed by atoms with Crippen molar-refractivity contribution in [3.63, 3.8) is 0 Å². The molecule has 1 aliphatic rings. The molecule has 0 N–H and O–H groups in total. The summed E-state index contributed by atoms with van der Waals surface area (Å²) >= 11 is 0. The average molecular weight is 458 g/mol. The maximum absolute atomic E-state index is 14.4. The molecular weight excluding hydrogens is 430 g/mol. The number of aryl methyl sites for hydroxylation is 1. The minimum absolute atomic E-state index is 0.287. The van der Waals surface area contributed by atoms with Gasteiger partial charge in [-0.05, 0) is 42.4 Å². The number of rotatable bonds is 9. The first-order chi connectivity index (χ1) is 15.2. The first-order valence-corrected chi connectivity index (χ1v) is 11.2. The Balaban J connectivity index is 1.58. The van der Waals surface area contributed by atoms with Gasteiger partial charge in [0.1, 0.15) is 11.6 Å². The van der Waals surface area contributed by atoms with Crippen molar-refractivity contribution < 1.29 is 31.1 Å². The molecule has 0 aromatic heterocycles. The van der Waals surface area contributed by atoms with Crippen LogP contribution in [0.5, 0.6) is 5.75 Å². The fraction of sp³-hybridized carbons (Fsp3) is 0.520. The van der Waals surface area contributed by atoms with E-state index in [-0.39, 0.29) is 12.1 Å². The number of hydrogen-bond acceptors (Lipinski definition) is 1. The SMILES string of the molecule is CCCC[C@H]1CC[C@H](CCc2ccc(C(F)(F)Oc3cc(F)c(F)c(F)c3)c(F)c2)CC1. The number of alkyl halides is 2. The molecule has 0 atom stereocenters. The lowest BCUT2D eigenvalue weighted by Gasteiger charge is -2.28. The minimum atomic E-state index is -4.18. The molecule has 2 aromatic rings. The molecule has 7 heteroatoms. The maximum Gasteiger partial charge on any atom is 0.429 e. The van der Waals surface area contributed by atoms with Gasteiger partial charge in [0.25, 0.3) is 0 Å². The molecule has 1 fully saturated rings. The van der Waals surface area contributed by atoms with Gasteiger partial charge in [-0.25, -0.2) is 17.6 Å². The molecular formula is C25H28F6O. The Hall–Kier alpha value is -2.18. The largest absolute Gasteiger partial charge is 0.429 e. The summed E-state index contributed by atoms with van der Waals surface area (Å²) in [5.41, 5.74) is -0.447. The van der Waals surface area contributed by atoms with Gasteiger partial charge < -0.3 is 4.74 Å². The number of benzene rings is 2. The molecule has 0 radical (unpaired) electrons. The molecule has 0 bridgehead atoms. The van der Waals surface area contributed by atoms with Gasteiger partial charge in [0.05, 0.1) is 5.56 Å². The number of halogens is 6. The molecule has 0 amide bonds. The number of unbranched alkanes of at least 4 members (excludes halogenated alkanes) is 1. The van der Waals surface area contributed by atoms with E-state index in [4.69, 9.17) is 0 Å². The Morgan fingerprint density at radius 2 is 1.44 bits per heavy atom. The van der Waals surface area contributed by atoms with Crippen molar-refractivity contribution in [3.05, 3.63) is 64.7 Å². The van der Waals surface area contributed by atoms with Crippen LogP contribution in [0, 0.1) is 35.1 Å². The molecule has 1 aliphatic carbocycles. The highest BCUT2D eigenvalue weighted by atomic mass is 19.3. The van der Waals surface area contributed by atoms with Crippen molar-refractivity contribution >= 4 is 0 Å². The van der Waals surface area contributed by atoms with Crippen LogP contribution in [0.1, 0.15) is 69.4 Å². The highest BCUT2D eigenvalue weighted by Crippen LogP contribution is 2.36. The summed E-state index contributed by atoms with van der Waals surface area (Å²) in [6.45, 7) is 2.19. The maximum atomic E-state index is 14.4. The topological polar surface area (TPSA) is 9.23 Å². The average Bonchev–Trinajstić information content (AvgIpc) is 2.74. The molecule has 0 heterocycles. The Morgan fingerprint density at radius 1 is 0.844 bits per heavy atom. The summed E-state index contributed by atoms with van der Waals surface area (Å²) in [4.78, 5) is 0. The molecule has 1 saturated carbocycles. The van der Waals surface area contributed by atoms with E-state index in [2.05, 4.69) is 11.7 Å². The van der Waals surface area contributed by atoms with Crippen LogP contribution in [0.4, 0.5) is 26.3 Å². The standard InChI is InChI=1S/C25H28F6O/c1-2-3-4-16-5-7-17(8-6-16)9-10-18-11-12-20(21(26)13-18)25(30,31)32-19-14-22(27)24(29)23(28)15-19/h11-17H,2-10H2,1H3/t16-,17-. The highest BCUT2D eigenvalue weighted by Gasteiger charge is 2.38. The summed E-state index contributed by atoms with van der Waals surface area (Å²) in [7, 11) is 0.